The molecule has 0 spiro atoms. The van der Waals surface area contributed by atoms with Gasteiger partial charge in [-0.15, -0.1) is 0 Å². The number of amides is 2. The summed E-state index contributed by atoms with van der Waals surface area (Å²) in [5.74, 6) is 1.27. The molecule has 2 fully saturated rings. The van der Waals surface area contributed by atoms with Crippen LogP contribution >= 0.6 is 0 Å². The predicted molar refractivity (Wildman–Crippen MR) is 188 cm³/mol. The molecule has 0 unspecified atom stereocenters. The van der Waals surface area contributed by atoms with Crippen molar-refractivity contribution in [2.45, 2.75) is 52.1 Å². The van der Waals surface area contributed by atoms with Gasteiger partial charge in [0, 0.05) is 60.5 Å². The average Bonchev–Trinajstić information content (AvgIpc) is 3.57. The standard InChI is InChI=1S/C35H45N7O5S/c1-34(2,3)31-22-32(42(39-31)26-12-10-25(11-13-26)23-41-35(4,5)24-36-48(41,44)45)38-33(43)37-29-14-15-30(28-9-7-6-8-27(28)29)47-21-18-40-16-19-46-20-17-40/h6-15,22,36H,16-21,23-24H2,1-5H3,(H2,37,38,43). The van der Waals surface area contributed by atoms with Crippen LogP contribution in [0.5, 0.6) is 5.75 Å². The summed E-state index contributed by atoms with van der Waals surface area (Å²) >= 11 is 0. The minimum atomic E-state index is -3.54. The highest BCUT2D eigenvalue weighted by Crippen LogP contribution is 2.33. The number of ether oxygens (including phenoxy) is 2. The van der Waals surface area contributed by atoms with Crippen LogP contribution in [0, 0.1) is 0 Å². The molecule has 4 aromatic rings. The number of hydrogen-bond donors (Lipinski definition) is 3. The Labute approximate surface area is 282 Å². The van der Waals surface area contributed by atoms with Crippen LogP contribution in [0.25, 0.3) is 16.5 Å². The first-order chi connectivity index (χ1) is 22.8. The largest absolute Gasteiger partial charge is 0.492 e. The fourth-order valence-corrected chi connectivity index (χ4v) is 7.61. The van der Waals surface area contributed by atoms with Crippen molar-refractivity contribution in [1.29, 1.82) is 0 Å². The van der Waals surface area contributed by atoms with Crippen LogP contribution in [0.2, 0.25) is 0 Å². The van der Waals surface area contributed by atoms with E-state index in [1.807, 2.05) is 80.6 Å². The summed E-state index contributed by atoms with van der Waals surface area (Å²) in [4.78, 5) is 15.8. The van der Waals surface area contributed by atoms with Gasteiger partial charge in [0.15, 0.2) is 0 Å². The van der Waals surface area contributed by atoms with Crippen molar-refractivity contribution in [3.63, 3.8) is 0 Å². The highest BCUT2D eigenvalue weighted by atomic mass is 32.2. The van der Waals surface area contributed by atoms with Crippen molar-refractivity contribution in [1.82, 2.24) is 23.7 Å². The van der Waals surface area contributed by atoms with Gasteiger partial charge in [-0.05, 0) is 43.7 Å². The Morgan fingerprint density at radius 3 is 2.38 bits per heavy atom. The number of nitrogens with one attached hydrogen (secondary N) is 3. The molecule has 0 atom stereocenters. The molecule has 256 valence electrons. The van der Waals surface area contributed by atoms with Crippen molar-refractivity contribution in [2.24, 2.45) is 0 Å². The Bertz CT molecular complexity index is 1880. The SMILES string of the molecule is CC(C)(C)c1cc(NC(=O)Nc2ccc(OCCN3CCOCC3)c3ccccc23)n(-c2ccc(CN3C(C)(C)CNS3(=O)=O)cc2)n1. The van der Waals surface area contributed by atoms with Gasteiger partial charge in [0.1, 0.15) is 18.2 Å². The van der Waals surface area contributed by atoms with E-state index in [1.54, 1.807) is 4.68 Å². The van der Waals surface area contributed by atoms with Gasteiger partial charge in [0.05, 0.1) is 30.3 Å². The number of morpholine rings is 1. The summed E-state index contributed by atoms with van der Waals surface area (Å²) in [6.45, 7) is 15.3. The molecule has 3 N–H and O–H groups in total. The van der Waals surface area contributed by atoms with Gasteiger partial charge in [-0.2, -0.15) is 17.8 Å². The Kier molecular flexibility index (Phi) is 9.51. The van der Waals surface area contributed by atoms with Crippen molar-refractivity contribution in [2.75, 3.05) is 56.6 Å². The van der Waals surface area contributed by atoms with Gasteiger partial charge in [0.25, 0.3) is 10.2 Å². The van der Waals surface area contributed by atoms with Crippen molar-refractivity contribution >= 4 is 38.5 Å². The fraction of sp³-hybridized carbons (Fsp3) is 0.429. The molecule has 0 bridgehead atoms. The molecule has 3 heterocycles. The molecule has 6 rings (SSSR count). The molecule has 0 radical (unpaired) electrons. The first-order valence-corrected chi connectivity index (χ1v) is 17.7. The molecule has 0 aliphatic carbocycles. The first kappa shape index (κ1) is 33.9. The second kappa shape index (κ2) is 13.5. The number of benzene rings is 3. The predicted octanol–water partition coefficient (Wildman–Crippen LogP) is 5.11. The monoisotopic (exact) mass is 675 g/mol. The maximum atomic E-state index is 13.5. The Morgan fingerprint density at radius 1 is 1.00 bits per heavy atom. The second-order valence-electron chi connectivity index (χ2n) is 13.9. The molecule has 2 aliphatic heterocycles. The van der Waals surface area contributed by atoms with E-state index in [-0.39, 0.29) is 12.0 Å². The van der Waals surface area contributed by atoms with E-state index >= 15 is 0 Å². The Morgan fingerprint density at radius 2 is 1.71 bits per heavy atom. The number of nitrogens with zero attached hydrogens (tertiary/aromatic N) is 4. The lowest BCUT2D eigenvalue weighted by molar-refractivity contribution is 0.0323. The van der Waals surface area contributed by atoms with Crippen LogP contribution in [0.1, 0.15) is 45.9 Å². The molecule has 2 amide bonds. The quantitative estimate of drug-likeness (QED) is 0.225. The maximum absolute atomic E-state index is 13.5. The number of aromatic nitrogens is 2. The number of carbonyl (C=O) groups excluding carboxylic acids is 1. The highest BCUT2D eigenvalue weighted by molar-refractivity contribution is 7.87. The van der Waals surface area contributed by atoms with E-state index in [0.717, 1.165) is 66.3 Å². The minimum Gasteiger partial charge on any atom is -0.492 e. The number of urea groups is 1. The lowest BCUT2D eigenvalue weighted by Crippen LogP contribution is -2.41. The normalized spacial score (nSPS) is 18.2. The zero-order valence-electron chi connectivity index (χ0n) is 28.2. The summed E-state index contributed by atoms with van der Waals surface area (Å²) in [6.07, 6.45) is 0. The van der Waals surface area contributed by atoms with Gasteiger partial charge in [-0.3, -0.25) is 10.2 Å². The van der Waals surface area contributed by atoms with Gasteiger partial charge in [0.2, 0.25) is 0 Å². The van der Waals surface area contributed by atoms with Crippen LogP contribution in [0.3, 0.4) is 0 Å². The third-order valence-corrected chi connectivity index (χ3v) is 10.5. The molecule has 2 aliphatic rings. The van der Waals surface area contributed by atoms with Crippen LogP contribution in [-0.2, 0) is 26.9 Å². The summed E-state index contributed by atoms with van der Waals surface area (Å²) in [6, 6.07) is 20.6. The molecular formula is C35H45N7O5S. The van der Waals surface area contributed by atoms with Gasteiger partial charge < -0.3 is 14.8 Å². The summed E-state index contributed by atoms with van der Waals surface area (Å²) in [7, 11) is -3.54. The third kappa shape index (κ3) is 7.50. The van der Waals surface area contributed by atoms with Crippen LogP contribution in [-0.4, -0.2) is 85.0 Å². The van der Waals surface area contributed by atoms with Crippen LogP contribution < -0.4 is 20.1 Å². The lowest BCUT2D eigenvalue weighted by atomic mass is 9.92. The number of fused-ring (bicyclic) bond motifs is 1. The van der Waals surface area contributed by atoms with E-state index in [0.29, 0.717) is 24.7 Å². The number of anilines is 2. The van der Waals surface area contributed by atoms with E-state index in [1.165, 1.54) is 4.31 Å². The third-order valence-electron chi connectivity index (χ3n) is 8.78. The molecule has 12 nitrogen and oxygen atoms in total. The second-order valence-corrected chi connectivity index (χ2v) is 15.6. The number of rotatable bonds is 9. The Hall–Kier alpha value is -4.01. The maximum Gasteiger partial charge on any atom is 0.324 e. The van der Waals surface area contributed by atoms with Crippen molar-refractivity contribution in [3.8, 4) is 11.4 Å². The van der Waals surface area contributed by atoms with E-state index in [9.17, 15) is 13.2 Å². The Balaban J connectivity index is 1.19. The fourth-order valence-electron chi connectivity index (χ4n) is 5.89. The summed E-state index contributed by atoms with van der Waals surface area (Å²) in [5, 5.41) is 12.7. The van der Waals surface area contributed by atoms with E-state index in [4.69, 9.17) is 14.6 Å². The number of carbonyl (C=O) groups is 1. The number of hydrogen-bond acceptors (Lipinski definition) is 7. The van der Waals surface area contributed by atoms with E-state index in [2.05, 4.69) is 41.0 Å². The average molecular weight is 676 g/mol. The van der Waals surface area contributed by atoms with Crippen molar-refractivity contribution in [3.05, 3.63) is 78.0 Å². The molecule has 13 heteroatoms. The van der Waals surface area contributed by atoms with Crippen molar-refractivity contribution < 1.29 is 22.7 Å². The molecule has 1 aromatic heterocycles. The van der Waals surface area contributed by atoms with Crippen LogP contribution in [0.15, 0.2) is 66.7 Å². The van der Waals surface area contributed by atoms with Crippen LogP contribution in [0.4, 0.5) is 16.3 Å². The molecule has 3 aromatic carbocycles. The smallest absolute Gasteiger partial charge is 0.324 e. The van der Waals surface area contributed by atoms with Gasteiger partial charge in [-0.25, -0.2) is 14.2 Å². The molecular weight excluding hydrogens is 630 g/mol. The topological polar surface area (TPSA) is 130 Å². The van der Waals surface area contributed by atoms with Gasteiger partial charge in [-0.1, -0.05) is 57.2 Å². The molecule has 0 saturated carbocycles. The molecule has 2 saturated heterocycles. The summed E-state index contributed by atoms with van der Waals surface area (Å²) < 4.78 is 42.6. The first-order valence-electron chi connectivity index (χ1n) is 16.3. The zero-order valence-corrected chi connectivity index (χ0v) is 29.1. The van der Waals surface area contributed by atoms with Gasteiger partial charge >= 0.3 is 6.03 Å². The zero-order chi connectivity index (χ0) is 34.1. The van der Waals surface area contributed by atoms with E-state index < -0.39 is 21.8 Å². The highest BCUT2D eigenvalue weighted by Gasteiger charge is 2.42. The summed E-state index contributed by atoms with van der Waals surface area (Å²) in [5.41, 5.74) is 2.23. The molecule has 48 heavy (non-hydrogen) atoms. The lowest BCUT2D eigenvalue weighted by Gasteiger charge is -2.28. The minimum absolute atomic E-state index is 0.244.